The zero-order valence-corrected chi connectivity index (χ0v) is 15.8. The molecular weight excluding hydrogens is 379 g/mol. The Morgan fingerprint density at radius 1 is 0.815 bits per heavy atom. The minimum absolute atomic E-state index is 0.119. The Bertz CT molecular complexity index is 1020. The van der Waals surface area contributed by atoms with Gasteiger partial charge in [0, 0.05) is 21.4 Å². The molecule has 5 heteroatoms. The Morgan fingerprint density at radius 3 is 2.22 bits per heavy atom. The van der Waals surface area contributed by atoms with Crippen LogP contribution in [0.1, 0.15) is 11.6 Å². The molecule has 27 heavy (non-hydrogen) atoms. The van der Waals surface area contributed by atoms with Crippen molar-refractivity contribution in [1.82, 2.24) is 0 Å². The second kappa shape index (κ2) is 7.47. The molecule has 0 saturated heterocycles. The van der Waals surface area contributed by atoms with Gasteiger partial charge in [0.1, 0.15) is 5.70 Å². The van der Waals surface area contributed by atoms with E-state index in [1.54, 1.807) is 29.2 Å². The normalized spacial score (nSPS) is 16.4. The van der Waals surface area contributed by atoms with Crippen molar-refractivity contribution in [2.24, 2.45) is 0 Å². The van der Waals surface area contributed by atoms with Gasteiger partial charge in [0.15, 0.2) is 0 Å². The summed E-state index contributed by atoms with van der Waals surface area (Å²) >= 11 is 12.2. The maximum absolute atomic E-state index is 13.2. The maximum Gasteiger partial charge on any atom is 0.275 e. The number of benzene rings is 3. The number of hydrogen-bond acceptors (Lipinski definition) is 2. The van der Waals surface area contributed by atoms with Crippen LogP contribution in [0.25, 0.3) is 0 Å². The van der Waals surface area contributed by atoms with Crippen molar-refractivity contribution in [1.29, 1.82) is 0 Å². The molecule has 3 aromatic rings. The van der Waals surface area contributed by atoms with Gasteiger partial charge < -0.3 is 5.32 Å². The third-order valence-electron chi connectivity index (χ3n) is 4.38. The molecule has 0 aromatic heterocycles. The van der Waals surface area contributed by atoms with Crippen LogP contribution in [0.5, 0.6) is 0 Å². The number of hydrogen-bond donors (Lipinski definition) is 1. The van der Waals surface area contributed by atoms with Gasteiger partial charge in [-0.1, -0.05) is 65.7 Å². The summed E-state index contributed by atoms with van der Waals surface area (Å²) in [6, 6.07) is 24.3. The topological polar surface area (TPSA) is 32.3 Å². The molecule has 0 radical (unpaired) electrons. The van der Waals surface area contributed by atoms with Crippen LogP contribution < -0.4 is 10.2 Å². The highest BCUT2D eigenvalue weighted by Gasteiger charge is 2.34. The van der Waals surface area contributed by atoms with Crippen LogP contribution in [0.4, 0.5) is 11.4 Å². The fraction of sp³-hybridized carbons (Fsp3) is 0.0455. The summed E-state index contributed by atoms with van der Waals surface area (Å²) < 4.78 is 0. The monoisotopic (exact) mass is 394 g/mol. The van der Waals surface area contributed by atoms with Gasteiger partial charge in [-0.3, -0.25) is 9.69 Å². The van der Waals surface area contributed by atoms with Crippen molar-refractivity contribution in [3.63, 3.8) is 0 Å². The van der Waals surface area contributed by atoms with Crippen LogP contribution in [0.3, 0.4) is 0 Å². The molecule has 1 unspecified atom stereocenters. The fourth-order valence-electron chi connectivity index (χ4n) is 3.18. The first-order chi connectivity index (χ1) is 13.1. The Kier molecular flexibility index (Phi) is 4.88. The predicted molar refractivity (Wildman–Crippen MR) is 111 cm³/mol. The number of amides is 1. The lowest BCUT2D eigenvalue weighted by Crippen LogP contribution is -2.30. The molecular formula is C22H16Cl2N2O. The van der Waals surface area contributed by atoms with E-state index in [-0.39, 0.29) is 11.9 Å². The molecule has 1 heterocycles. The Morgan fingerprint density at radius 2 is 1.52 bits per heavy atom. The van der Waals surface area contributed by atoms with Gasteiger partial charge >= 0.3 is 0 Å². The molecule has 0 spiro atoms. The molecule has 4 rings (SSSR count). The van der Waals surface area contributed by atoms with Crippen LogP contribution in [0, 0.1) is 0 Å². The molecule has 1 amide bonds. The highest BCUT2D eigenvalue weighted by atomic mass is 35.5. The van der Waals surface area contributed by atoms with Gasteiger partial charge in [-0.15, -0.1) is 0 Å². The molecule has 1 atom stereocenters. The molecule has 3 aromatic carbocycles. The molecule has 0 saturated carbocycles. The zero-order chi connectivity index (χ0) is 18.8. The maximum atomic E-state index is 13.2. The van der Waals surface area contributed by atoms with Gasteiger partial charge in [0.25, 0.3) is 5.91 Å². The Hall–Kier alpha value is -2.75. The van der Waals surface area contributed by atoms with Crippen LogP contribution in [-0.2, 0) is 4.79 Å². The number of carbonyl (C=O) groups is 1. The lowest BCUT2D eigenvalue weighted by Gasteiger charge is -2.25. The van der Waals surface area contributed by atoms with E-state index in [9.17, 15) is 4.79 Å². The smallest absolute Gasteiger partial charge is 0.275 e. The van der Waals surface area contributed by atoms with Crippen LogP contribution in [-0.4, -0.2) is 5.91 Å². The highest BCUT2D eigenvalue weighted by molar-refractivity contribution is 6.31. The van der Waals surface area contributed by atoms with E-state index in [1.165, 1.54) is 0 Å². The Balaban J connectivity index is 1.74. The lowest BCUT2D eigenvalue weighted by atomic mass is 10.1. The predicted octanol–water partition coefficient (Wildman–Crippen LogP) is 6.08. The van der Waals surface area contributed by atoms with Crippen LogP contribution >= 0.6 is 23.2 Å². The third kappa shape index (κ3) is 3.70. The number of nitrogens with zero attached hydrogens (tertiary/aromatic N) is 1. The number of halogens is 2. The number of rotatable bonds is 4. The number of anilines is 2. The Labute approximate surface area is 167 Å². The van der Waals surface area contributed by atoms with Gasteiger partial charge in [-0.25, -0.2) is 0 Å². The number of nitrogens with one attached hydrogen (secondary N) is 1. The summed E-state index contributed by atoms with van der Waals surface area (Å²) in [7, 11) is 0. The van der Waals surface area contributed by atoms with E-state index in [1.807, 2.05) is 60.7 Å². The zero-order valence-electron chi connectivity index (χ0n) is 14.3. The summed E-state index contributed by atoms with van der Waals surface area (Å²) in [6.07, 6.45) is 1.93. The van der Waals surface area contributed by atoms with Crippen molar-refractivity contribution in [2.75, 3.05) is 10.2 Å². The molecule has 0 aliphatic carbocycles. The van der Waals surface area contributed by atoms with Gasteiger partial charge in [0.2, 0.25) is 0 Å². The van der Waals surface area contributed by atoms with Crippen molar-refractivity contribution in [2.45, 2.75) is 6.04 Å². The van der Waals surface area contributed by atoms with E-state index >= 15 is 0 Å². The van der Waals surface area contributed by atoms with Crippen LogP contribution in [0.2, 0.25) is 10.0 Å². The van der Waals surface area contributed by atoms with Gasteiger partial charge in [-0.2, -0.15) is 0 Å². The van der Waals surface area contributed by atoms with Gasteiger partial charge in [-0.05, 0) is 48.0 Å². The van der Waals surface area contributed by atoms with E-state index in [4.69, 9.17) is 23.2 Å². The molecule has 1 aliphatic heterocycles. The molecule has 1 aliphatic rings. The second-order valence-electron chi connectivity index (χ2n) is 6.23. The average molecular weight is 395 g/mol. The second-order valence-corrected chi connectivity index (χ2v) is 7.10. The van der Waals surface area contributed by atoms with Crippen molar-refractivity contribution in [3.05, 3.63) is 106 Å². The molecule has 0 bridgehead atoms. The summed E-state index contributed by atoms with van der Waals surface area (Å²) in [4.78, 5) is 15.0. The minimum atomic E-state index is -0.223. The molecule has 3 nitrogen and oxygen atoms in total. The summed E-state index contributed by atoms with van der Waals surface area (Å²) in [5.74, 6) is -0.119. The molecule has 0 fully saturated rings. The summed E-state index contributed by atoms with van der Waals surface area (Å²) in [5, 5.41) is 4.39. The van der Waals surface area contributed by atoms with Crippen molar-refractivity contribution >= 4 is 40.5 Å². The minimum Gasteiger partial charge on any atom is -0.351 e. The quantitative estimate of drug-likeness (QED) is 0.581. The first-order valence-electron chi connectivity index (χ1n) is 8.50. The average Bonchev–Trinajstić information content (AvgIpc) is 2.99. The fourth-order valence-corrected chi connectivity index (χ4v) is 3.55. The SMILES string of the molecule is O=C1C(Nc2cccc(Cl)c2)=CC(c2ccccc2)N1c1cccc(Cl)c1. The van der Waals surface area contributed by atoms with Crippen molar-refractivity contribution < 1.29 is 4.79 Å². The lowest BCUT2D eigenvalue weighted by molar-refractivity contribution is -0.114. The molecule has 1 N–H and O–H groups in total. The first-order valence-corrected chi connectivity index (χ1v) is 9.26. The number of carbonyl (C=O) groups excluding carboxylic acids is 1. The summed E-state index contributed by atoms with van der Waals surface area (Å²) in [5.41, 5.74) is 3.04. The van der Waals surface area contributed by atoms with Crippen molar-refractivity contribution in [3.8, 4) is 0 Å². The molecule has 134 valence electrons. The van der Waals surface area contributed by atoms with Crippen LogP contribution in [0.15, 0.2) is 90.6 Å². The first kappa shape index (κ1) is 17.7. The largest absolute Gasteiger partial charge is 0.351 e. The van der Waals surface area contributed by atoms with E-state index in [0.717, 1.165) is 16.9 Å². The van der Waals surface area contributed by atoms with Gasteiger partial charge in [0.05, 0.1) is 6.04 Å². The van der Waals surface area contributed by atoms with E-state index < -0.39 is 0 Å². The summed E-state index contributed by atoms with van der Waals surface area (Å²) in [6.45, 7) is 0. The highest BCUT2D eigenvalue weighted by Crippen LogP contribution is 2.37. The van der Waals surface area contributed by atoms with E-state index in [2.05, 4.69) is 5.32 Å². The standard InChI is InChI=1S/C22H16Cl2N2O/c23-16-8-4-10-18(12-16)25-20-14-21(15-6-2-1-3-7-15)26(22(20)27)19-11-5-9-17(24)13-19/h1-14,21,25H. The van der Waals surface area contributed by atoms with E-state index in [0.29, 0.717) is 15.7 Å². The third-order valence-corrected chi connectivity index (χ3v) is 4.85.